The van der Waals surface area contributed by atoms with Gasteiger partial charge in [0.05, 0.1) is 0 Å². The zero-order chi connectivity index (χ0) is 15.4. The van der Waals surface area contributed by atoms with Crippen LogP contribution in [0, 0.1) is 6.92 Å². The Labute approximate surface area is 140 Å². The van der Waals surface area contributed by atoms with E-state index < -0.39 is 0 Å². The fourth-order valence-electron chi connectivity index (χ4n) is 2.74. The normalized spacial score (nSPS) is 15.5. The topological polar surface area (TPSA) is 41.1 Å². The highest BCUT2D eigenvalue weighted by atomic mass is 79.9. The van der Waals surface area contributed by atoms with Gasteiger partial charge in [-0.05, 0) is 49.6 Å². The molecular formula is C17H21BrN4. The number of rotatable bonds is 3. The maximum Gasteiger partial charge on any atom is 0.229 e. The molecule has 116 valence electrons. The highest BCUT2D eigenvalue weighted by Gasteiger charge is 2.12. The van der Waals surface area contributed by atoms with Crippen LogP contribution in [-0.4, -0.2) is 23.1 Å². The average Bonchev–Trinajstić information content (AvgIpc) is 2.80. The average molecular weight is 361 g/mol. The maximum atomic E-state index is 4.68. The lowest BCUT2D eigenvalue weighted by Gasteiger charge is -2.21. The van der Waals surface area contributed by atoms with Gasteiger partial charge in [-0.3, -0.25) is 0 Å². The molecule has 0 amide bonds. The van der Waals surface area contributed by atoms with Crippen molar-refractivity contribution in [2.45, 2.75) is 32.6 Å². The zero-order valence-corrected chi connectivity index (χ0v) is 14.4. The van der Waals surface area contributed by atoms with Crippen LogP contribution in [-0.2, 0) is 0 Å². The van der Waals surface area contributed by atoms with Crippen molar-refractivity contribution in [1.82, 2.24) is 9.97 Å². The molecule has 22 heavy (non-hydrogen) atoms. The first-order valence-corrected chi connectivity index (χ1v) is 8.63. The molecule has 0 saturated carbocycles. The Kier molecular flexibility index (Phi) is 4.93. The molecule has 1 aromatic heterocycles. The van der Waals surface area contributed by atoms with Gasteiger partial charge in [-0.2, -0.15) is 4.98 Å². The minimum atomic E-state index is 0.656. The van der Waals surface area contributed by atoms with Gasteiger partial charge < -0.3 is 10.2 Å². The molecule has 2 heterocycles. The molecule has 2 aromatic rings. The largest absolute Gasteiger partial charge is 0.356 e. The predicted octanol–water partition coefficient (Wildman–Crippen LogP) is 4.67. The molecule has 0 radical (unpaired) electrons. The third kappa shape index (κ3) is 3.77. The van der Waals surface area contributed by atoms with Crippen LogP contribution in [0.4, 0.5) is 17.5 Å². The monoisotopic (exact) mass is 360 g/mol. The van der Waals surface area contributed by atoms with Crippen LogP contribution in [0.5, 0.6) is 0 Å². The van der Waals surface area contributed by atoms with Crippen LogP contribution in [0.2, 0.25) is 0 Å². The standard InChI is InChI=1S/C17H21BrN4/c1-13-12-14(6-7-15(13)18)20-17-19-9-8-16(21-17)22-10-4-2-3-5-11-22/h6-9,12H,2-5,10-11H2,1H3,(H,19,20,21). The van der Waals surface area contributed by atoms with Crippen molar-refractivity contribution in [2.24, 2.45) is 0 Å². The third-order valence-electron chi connectivity index (χ3n) is 3.99. The summed E-state index contributed by atoms with van der Waals surface area (Å²) in [5.41, 5.74) is 2.20. The Morgan fingerprint density at radius 1 is 1.09 bits per heavy atom. The van der Waals surface area contributed by atoms with E-state index >= 15 is 0 Å². The van der Waals surface area contributed by atoms with Crippen LogP contribution in [0.15, 0.2) is 34.9 Å². The lowest BCUT2D eigenvalue weighted by Crippen LogP contribution is -2.25. The van der Waals surface area contributed by atoms with E-state index in [0.29, 0.717) is 5.95 Å². The Morgan fingerprint density at radius 3 is 2.59 bits per heavy atom. The second kappa shape index (κ2) is 7.09. The first-order valence-electron chi connectivity index (χ1n) is 7.83. The van der Waals surface area contributed by atoms with Gasteiger partial charge >= 0.3 is 0 Å². The fourth-order valence-corrected chi connectivity index (χ4v) is 2.98. The molecule has 0 atom stereocenters. The Morgan fingerprint density at radius 2 is 1.86 bits per heavy atom. The highest BCUT2D eigenvalue weighted by Crippen LogP contribution is 2.23. The van der Waals surface area contributed by atoms with E-state index in [-0.39, 0.29) is 0 Å². The molecule has 1 N–H and O–H groups in total. The summed E-state index contributed by atoms with van der Waals surface area (Å²) >= 11 is 3.52. The first kappa shape index (κ1) is 15.3. The molecule has 0 unspecified atom stereocenters. The number of hydrogen-bond donors (Lipinski definition) is 1. The van der Waals surface area contributed by atoms with Gasteiger partial charge in [0.2, 0.25) is 5.95 Å². The van der Waals surface area contributed by atoms with Crippen molar-refractivity contribution in [1.29, 1.82) is 0 Å². The summed E-state index contributed by atoms with van der Waals surface area (Å²) < 4.78 is 1.11. The molecule has 0 aliphatic carbocycles. The lowest BCUT2D eigenvalue weighted by molar-refractivity contribution is 0.726. The Hall–Kier alpha value is -1.62. The zero-order valence-electron chi connectivity index (χ0n) is 12.8. The predicted molar refractivity (Wildman–Crippen MR) is 94.9 cm³/mol. The molecule has 1 fully saturated rings. The van der Waals surface area contributed by atoms with Crippen molar-refractivity contribution < 1.29 is 0 Å². The highest BCUT2D eigenvalue weighted by molar-refractivity contribution is 9.10. The number of benzene rings is 1. The number of nitrogens with zero attached hydrogens (tertiary/aromatic N) is 3. The van der Waals surface area contributed by atoms with Crippen molar-refractivity contribution >= 4 is 33.4 Å². The molecule has 1 aromatic carbocycles. The minimum absolute atomic E-state index is 0.656. The fraction of sp³-hybridized carbons (Fsp3) is 0.412. The van der Waals surface area contributed by atoms with E-state index in [0.717, 1.165) is 29.1 Å². The van der Waals surface area contributed by atoms with Crippen LogP contribution in [0.25, 0.3) is 0 Å². The van der Waals surface area contributed by atoms with Gasteiger partial charge in [-0.25, -0.2) is 4.98 Å². The van der Waals surface area contributed by atoms with Crippen molar-refractivity contribution in [3.8, 4) is 0 Å². The van der Waals surface area contributed by atoms with E-state index in [4.69, 9.17) is 0 Å². The summed E-state index contributed by atoms with van der Waals surface area (Å²) in [6, 6.07) is 8.16. The molecule has 3 rings (SSSR count). The van der Waals surface area contributed by atoms with Gasteiger partial charge in [0.25, 0.3) is 0 Å². The second-order valence-electron chi connectivity index (χ2n) is 5.73. The number of halogens is 1. The summed E-state index contributed by atoms with van der Waals surface area (Å²) in [4.78, 5) is 11.4. The summed E-state index contributed by atoms with van der Waals surface area (Å²) in [7, 11) is 0. The van der Waals surface area contributed by atoms with E-state index in [9.17, 15) is 0 Å². The molecule has 1 saturated heterocycles. The van der Waals surface area contributed by atoms with Gasteiger partial charge in [0, 0.05) is 29.4 Å². The quantitative estimate of drug-likeness (QED) is 0.863. The number of aromatic nitrogens is 2. The van der Waals surface area contributed by atoms with Crippen LogP contribution < -0.4 is 10.2 Å². The number of aryl methyl sites for hydroxylation is 1. The van der Waals surface area contributed by atoms with E-state index in [2.05, 4.69) is 49.1 Å². The second-order valence-corrected chi connectivity index (χ2v) is 6.58. The van der Waals surface area contributed by atoms with Crippen molar-refractivity contribution in [2.75, 3.05) is 23.3 Å². The number of anilines is 3. The molecule has 4 nitrogen and oxygen atoms in total. The van der Waals surface area contributed by atoms with Gasteiger partial charge in [0.15, 0.2) is 0 Å². The number of nitrogens with one attached hydrogen (secondary N) is 1. The maximum absolute atomic E-state index is 4.68. The van der Waals surface area contributed by atoms with Gasteiger partial charge in [-0.15, -0.1) is 0 Å². The van der Waals surface area contributed by atoms with Gasteiger partial charge in [0.1, 0.15) is 5.82 Å². The lowest BCUT2D eigenvalue weighted by atomic mass is 10.2. The van der Waals surface area contributed by atoms with Gasteiger partial charge in [-0.1, -0.05) is 28.8 Å². The summed E-state index contributed by atoms with van der Waals surface area (Å²) in [6.45, 7) is 4.26. The molecule has 5 heteroatoms. The molecule has 1 aliphatic rings. The molecule has 0 spiro atoms. The molecule has 1 aliphatic heterocycles. The van der Waals surface area contributed by atoms with Crippen molar-refractivity contribution in [3.05, 3.63) is 40.5 Å². The van der Waals surface area contributed by atoms with Crippen LogP contribution in [0.3, 0.4) is 0 Å². The van der Waals surface area contributed by atoms with Crippen LogP contribution in [0.1, 0.15) is 31.2 Å². The van der Waals surface area contributed by atoms with Crippen molar-refractivity contribution in [3.63, 3.8) is 0 Å². The van der Waals surface area contributed by atoms with E-state index in [1.54, 1.807) is 0 Å². The van der Waals surface area contributed by atoms with Crippen LogP contribution >= 0.6 is 15.9 Å². The van der Waals surface area contributed by atoms with E-state index in [1.807, 2.05) is 24.4 Å². The van der Waals surface area contributed by atoms with E-state index in [1.165, 1.54) is 31.2 Å². The molecule has 0 bridgehead atoms. The smallest absolute Gasteiger partial charge is 0.229 e. The minimum Gasteiger partial charge on any atom is -0.356 e. The SMILES string of the molecule is Cc1cc(Nc2nccc(N3CCCCCC3)n2)ccc1Br. The Bertz CT molecular complexity index is 636. The summed E-state index contributed by atoms with van der Waals surface area (Å²) in [6.07, 6.45) is 6.98. The molecular weight excluding hydrogens is 340 g/mol. The third-order valence-corrected chi connectivity index (χ3v) is 4.87. The summed E-state index contributed by atoms with van der Waals surface area (Å²) in [5, 5.41) is 3.30. The first-order chi connectivity index (χ1) is 10.7. The Balaban J connectivity index is 1.76. The number of hydrogen-bond acceptors (Lipinski definition) is 4. The summed E-state index contributed by atoms with van der Waals surface area (Å²) in [5.74, 6) is 1.68.